The van der Waals surface area contributed by atoms with E-state index < -0.39 is 0 Å². The Balaban J connectivity index is 2.62. The van der Waals surface area contributed by atoms with Gasteiger partial charge in [-0.1, -0.05) is 34.1 Å². The Morgan fingerprint density at radius 3 is 2.25 bits per heavy atom. The standard InChI is InChI=1S/C14H30N2/c1-5-12(4)13(10-15)16-9-8-14(6-2,7-3)11-16/h12-13H,5-11,15H2,1-4H3. The van der Waals surface area contributed by atoms with Crippen LogP contribution in [0.15, 0.2) is 0 Å². The molecule has 2 unspecified atom stereocenters. The highest BCUT2D eigenvalue weighted by atomic mass is 15.2. The van der Waals surface area contributed by atoms with Crippen LogP contribution < -0.4 is 5.73 Å². The maximum absolute atomic E-state index is 5.96. The molecule has 2 nitrogen and oxygen atoms in total. The van der Waals surface area contributed by atoms with Crippen molar-refractivity contribution in [2.45, 2.75) is 59.4 Å². The second-order valence-electron chi connectivity index (χ2n) is 5.62. The summed E-state index contributed by atoms with van der Waals surface area (Å²) in [6, 6.07) is 0.602. The second-order valence-corrected chi connectivity index (χ2v) is 5.62. The summed E-state index contributed by atoms with van der Waals surface area (Å²) in [5.41, 5.74) is 6.54. The molecule has 0 aromatic carbocycles. The lowest BCUT2D eigenvalue weighted by molar-refractivity contribution is 0.155. The Hall–Kier alpha value is -0.0800. The lowest BCUT2D eigenvalue weighted by Gasteiger charge is -2.33. The maximum atomic E-state index is 5.96. The second kappa shape index (κ2) is 6.02. The van der Waals surface area contributed by atoms with E-state index in [9.17, 15) is 0 Å². The third-order valence-electron chi connectivity index (χ3n) is 4.98. The average Bonchev–Trinajstić information content (AvgIpc) is 2.75. The first kappa shape index (κ1) is 14.0. The molecule has 1 heterocycles. The van der Waals surface area contributed by atoms with Crippen LogP contribution >= 0.6 is 0 Å². The van der Waals surface area contributed by atoms with Gasteiger partial charge in [-0.05, 0) is 37.1 Å². The normalized spacial score (nSPS) is 24.6. The molecule has 0 aromatic rings. The quantitative estimate of drug-likeness (QED) is 0.754. The molecule has 1 rings (SSSR count). The molecule has 0 aliphatic carbocycles. The molecule has 0 aromatic heterocycles. The molecule has 0 bridgehead atoms. The van der Waals surface area contributed by atoms with Crippen molar-refractivity contribution in [3.8, 4) is 0 Å². The highest BCUT2D eigenvalue weighted by Crippen LogP contribution is 2.38. The molecular weight excluding hydrogens is 196 g/mol. The Kier molecular flexibility index (Phi) is 5.26. The molecule has 1 aliphatic heterocycles. The van der Waals surface area contributed by atoms with Gasteiger partial charge in [0, 0.05) is 19.1 Å². The van der Waals surface area contributed by atoms with Gasteiger partial charge in [0.05, 0.1) is 0 Å². The zero-order valence-corrected chi connectivity index (χ0v) is 11.6. The van der Waals surface area contributed by atoms with Gasteiger partial charge in [-0.3, -0.25) is 4.90 Å². The molecular formula is C14H30N2. The van der Waals surface area contributed by atoms with Crippen molar-refractivity contribution in [3.05, 3.63) is 0 Å². The van der Waals surface area contributed by atoms with Crippen molar-refractivity contribution in [2.24, 2.45) is 17.1 Å². The largest absolute Gasteiger partial charge is 0.329 e. The highest BCUT2D eigenvalue weighted by molar-refractivity contribution is 4.92. The Morgan fingerprint density at radius 1 is 1.25 bits per heavy atom. The smallest absolute Gasteiger partial charge is 0.0244 e. The first-order valence-electron chi connectivity index (χ1n) is 7.06. The predicted octanol–water partition coefficient (Wildman–Crippen LogP) is 2.87. The number of nitrogens with zero attached hydrogens (tertiary/aromatic N) is 1. The Bertz CT molecular complexity index is 199. The van der Waals surface area contributed by atoms with Crippen molar-refractivity contribution < 1.29 is 0 Å². The van der Waals surface area contributed by atoms with E-state index >= 15 is 0 Å². The van der Waals surface area contributed by atoms with Crippen LogP contribution in [0.2, 0.25) is 0 Å². The molecule has 0 saturated carbocycles. The summed E-state index contributed by atoms with van der Waals surface area (Å²) >= 11 is 0. The van der Waals surface area contributed by atoms with Crippen molar-refractivity contribution in [3.63, 3.8) is 0 Å². The van der Waals surface area contributed by atoms with Gasteiger partial charge < -0.3 is 5.73 Å². The van der Waals surface area contributed by atoms with E-state index in [2.05, 4.69) is 32.6 Å². The van der Waals surface area contributed by atoms with Gasteiger partial charge in [-0.2, -0.15) is 0 Å². The molecule has 2 heteroatoms. The number of likely N-dealkylation sites (tertiary alicyclic amines) is 1. The molecule has 0 amide bonds. The van der Waals surface area contributed by atoms with Crippen molar-refractivity contribution in [1.29, 1.82) is 0 Å². The van der Waals surface area contributed by atoms with Crippen LogP contribution in [0.5, 0.6) is 0 Å². The van der Waals surface area contributed by atoms with Gasteiger partial charge in [0.15, 0.2) is 0 Å². The minimum Gasteiger partial charge on any atom is -0.329 e. The first-order chi connectivity index (χ1) is 7.62. The lowest BCUT2D eigenvalue weighted by Crippen LogP contribution is -2.44. The van der Waals surface area contributed by atoms with Crippen LogP contribution in [0.4, 0.5) is 0 Å². The Morgan fingerprint density at radius 2 is 1.88 bits per heavy atom. The molecule has 2 atom stereocenters. The maximum Gasteiger partial charge on any atom is 0.0244 e. The topological polar surface area (TPSA) is 29.3 Å². The Labute approximate surface area is 102 Å². The minimum atomic E-state index is 0.584. The molecule has 1 aliphatic rings. The van der Waals surface area contributed by atoms with Gasteiger partial charge in [0.25, 0.3) is 0 Å². The van der Waals surface area contributed by atoms with Gasteiger partial charge in [0.2, 0.25) is 0 Å². The molecule has 0 radical (unpaired) electrons. The minimum absolute atomic E-state index is 0.584. The van der Waals surface area contributed by atoms with Crippen LogP contribution in [0, 0.1) is 11.3 Å². The van der Waals surface area contributed by atoms with E-state index in [0.717, 1.165) is 12.5 Å². The number of hydrogen-bond acceptors (Lipinski definition) is 2. The van der Waals surface area contributed by atoms with Gasteiger partial charge >= 0.3 is 0 Å². The molecule has 16 heavy (non-hydrogen) atoms. The molecule has 1 saturated heterocycles. The van der Waals surface area contributed by atoms with Crippen LogP contribution in [-0.4, -0.2) is 30.6 Å². The summed E-state index contributed by atoms with van der Waals surface area (Å²) in [4.78, 5) is 2.65. The van der Waals surface area contributed by atoms with Crippen molar-refractivity contribution in [2.75, 3.05) is 19.6 Å². The highest BCUT2D eigenvalue weighted by Gasteiger charge is 2.38. The fourth-order valence-electron chi connectivity index (χ4n) is 3.09. The van der Waals surface area contributed by atoms with Crippen molar-refractivity contribution in [1.82, 2.24) is 4.90 Å². The summed E-state index contributed by atoms with van der Waals surface area (Å²) in [6.45, 7) is 12.6. The molecule has 1 fully saturated rings. The number of hydrogen-bond donors (Lipinski definition) is 1. The van der Waals surface area contributed by atoms with E-state index in [-0.39, 0.29) is 0 Å². The van der Waals surface area contributed by atoms with E-state index in [0.29, 0.717) is 11.5 Å². The van der Waals surface area contributed by atoms with Gasteiger partial charge in [-0.25, -0.2) is 0 Å². The summed E-state index contributed by atoms with van der Waals surface area (Å²) in [7, 11) is 0. The summed E-state index contributed by atoms with van der Waals surface area (Å²) in [6.07, 6.45) is 5.24. The fourth-order valence-corrected chi connectivity index (χ4v) is 3.09. The predicted molar refractivity (Wildman–Crippen MR) is 71.5 cm³/mol. The number of rotatable bonds is 6. The van der Waals surface area contributed by atoms with Crippen molar-refractivity contribution >= 4 is 0 Å². The van der Waals surface area contributed by atoms with E-state index in [1.807, 2.05) is 0 Å². The molecule has 2 N–H and O–H groups in total. The van der Waals surface area contributed by atoms with E-state index in [4.69, 9.17) is 5.73 Å². The zero-order chi connectivity index (χ0) is 12.2. The van der Waals surface area contributed by atoms with E-state index in [1.165, 1.54) is 38.8 Å². The van der Waals surface area contributed by atoms with Crippen LogP contribution in [0.3, 0.4) is 0 Å². The summed E-state index contributed by atoms with van der Waals surface area (Å²) in [5, 5.41) is 0. The monoisotopic (exact) mass is 226 g/mol. The van der Waals surface area contributed by atoms with Crippen LogP contribution in [0.25, 0.3) is 0 Å². The summed E-state index contributed by atoms with van der Waals surface area (Å²) in [5.74, 6) is 0.731. The molecule has 96 valence electrons. The zero-order valence-electron chi connectivity index (χ0n) is 11.6. The first-order valence-corrected chi connectivity index (χ1v) is 7.06. The van der Waals surface area contributed by atoms with Gasteiger partial charge in [0.1, 0.15) is 0 Å². The average molecular weight is 226 g/mol. The lowest BCUT2D eigenvalue weighted by atomic mass is 9.82. The van der Waals surface area contributed by atoms with Crippen LogP contribution in [0.1, 0.15) is 53.4 Å². The third kappa shape index (κ3) is 2.78. The SMILES string of the molecule is CCC(C)C(CN)N1CCC(CC)(CC)C1. The van der Waals surface area contributed by atoms with Crippen LogP contribution in [-0.2, 0) is 0 Å². The summed E-state index contributed by atoms with van der Waals surface area (Å²) < 4.78 is 0. The van der Waals surface area contributed by atoms with E-state index in [1.54, 1.807) is 0 Å². The number of nitrogens with two attached hydrogens (primary N) is 1. The molecule has 0 spiro atoms. The third-order valence-corrected chi connectivity index (χ3v) is 4.98. The van der Waals surface area contributed by atoms with Gasteiger partial charge in [-0.15, -0.1) is 0 Å². The fraction of sp³-hybridized carbons (Fsp3) is 1.00.